The SMILES string of the molecule is COC1CN(S(=O)(=O)c2ccccc2[N+](=O)[O-])C1. The Morgan fingerprint density at radius 2 is 2.00 bits per heavy atom. The molecule has 0 atom stereocenters. The first-order valence-electron chi connectivity index (χ1n) is 5.23. The van der Waals surface area contributed by atoms with E-state index in [2.05, 4.69) is 0 Å². The van der Waals surface area contributed by atoms with Crippen LogP contribution in [0.3, 0.4) is 0 Å². The van der Waals surface area contributed by atoms with Crippen LogP contribution in [-0.4, -0.2) is 43.9 Å². The highest BCUT2D eigenvalue weighted by molar-refractivity contribution is 7.89. The molecule has 2 rings (SSSR count). The lowest BCUT2D eigenvalue weighted by atomic mass is 10.2. The Bertz CT molecular complexity index is 565. The molecule has 0 saturated carbocycles. The number of benzene rings is 1. The summed E-state index contributed by atoms with van der Waals surface area (Å²) in [6.07, 6.45) is -0.137. The normalized spacial score (nSPS) is 17.4. The summed E-state index contributed by atoms with van der Waals surface area (Å²) >= 11 is 0. The predicted octanol–water partition coefficient (Wildman–Crippen LogP) is 0.614. The molecule has 0 unspecified atom stereocenters. The minimum absolute atomic E-state index is 0.137. The van der Waals surface area contributed by atoms with E-state index in [1.165, 1.54) is 35.7 Å². The summed E-state index contributed by atoms with van der Waals surface area (Å²) in [4.78, 5) is 9.85. The van der Waals surface area contributed by atoms with E-state index in [1.54, 1.807) is 0 Å². The highest BCUT2D eigenvalue weighted by Crippen LogP contribution is 2.29. The third-order valence-electron chi connectivity index (χ3n) is 2.83. The number of hydrogen-bond donors (Lipinski definition) is 0. The number of hydrogen-bond acceptors (Lipinski definition) is 5. The Morgan fingerprint density at radius 1 is 1.39 bits per heavy atom. The second kappa shape index (κ2) is 4.63. The summed E-state index contributed by atoms with van der Waals surface area (Å²) < 4.78 is 30.5. The molecule has 1 aliphatic rings. The lowest BCUT2D eigenvalue weighted by Crippen LogP contribution is -2.54. The van der Waals surface area contributed by atoms with Gasteiger partial charge >= 0.3 is 0 Å². The zero-order valence-corrected chi connectivity index (χ0v) is 10.5. The van der Waals surface area contributed by atoms with E-state index in [-0.39, 0.29) is 24.1 Å². The molecule has 0 aromatic heterocycles. The Balaban J connectivity index is 2.34. The van der Waals surface area contributed by atoms with E-state index in [0.717, 1.165) is 0 Å². The molecule has 0 bridgehead atoms. The highest BCUT2D eigenvalue weighted by atomic mass is 32.2. The second-order valence-corrected chi connectivity index (χ2v) is 5.81. The number of methoxy groups -OCH3 is 1. The van der Waals surface area contributed by atoms with Crippen molar-refractivity contribution in [3.63, 3.8) is 0 Å². The number of nitro groups is 1. The number of rotatable bonds is 4. The molecule has 0 amide bonds. The molecule has 0 radical (unpaired) electrons. The molecule has 8 heteroatoms. The molecule has 1 aliphatic heterocycles. The first kappa shape index (κ1) is 12.9. The topological polar surface area (TPSA) is 89.8 Å². The van der Waals surface area contributed by atoms with E-state index in [0.29, 0.717) is 0 Å². The summed E-state index contributed by atoms with van der Waals surface area (Å²) in [6, 6.07) is 5.33. The summed E-state index contributed by atoms with van der Waals surface area (Å²) in [5.41, 5.74) is -0.404. The third-order valence-corrected chi connectivity index (χ3v) is 4.71. The largest absolute Gasteiger partial charge is 0.379 e. The zero-order valence-electron chi connectivity index (χ0n) is 9.64. The number of ether oxygens (including phenoxy) is 1. The van der Waals surface area contributed by atoms with Gasteiger partial charge in [-0.1, -0.05) is 12.1 Å². The molecule has 1 aromatic carbocycles. The Labute approximate surface area is 104 Å². The quantitative estimate of drug-likeness (QED) is 0.592. The van der Waals surface area contributed by atoms with Gasteiger partial charge in [-0.3, -0.25) is 10.1 Å². The molecule has 1 saturated heterocycles. The monoisotopic (exact) mass is 272 g/mol. The van der Waals surface area contributed by atoms with Crippen molar-refractivity contribution in [3.8, 4) is 0 Å². The van der Waals surface area contributed by atoms with Gasteiger partial charge in [0.1, 0.15) is 0 Å². The van der Waals surface area contributed by atoms with Crippen molar-refractivity contribution in [1.29, 1.82) is 0 Å². The molecule has 1 heterocycles. The van der Waals surface area contributed by atoms with Crippen molar-refractivity contribution < 1.29 is 18.1 Å². The molecular formula is C10H12N2O5S. The fraction of sp³-hybridized carbons (Fsp3) is 0.400. The molecule has 98 valence electrons. The summed E-state index contributed by atoms with van der Waals surface area (Å²) in [5, 5.41) is 10.8. The smallest absolute Gasteiger partial charge is 0.289 e. The first-order chi connectivity index (χ1) is 8.46. The zero-order chi connectivity index (χ0) is 13.3. The highest BCUT2D eigenvalue weighted by Gasteiger charge is 2.39. The van der Waals surface area contributed by atoms with Gasteiger partial charge in [0.15, 0.2) is 4.90 Å². The Morgan fingerprint density at radius 3 is 2.56 bits per heavy atom. The lowest BCUT2D eigenvalue weighted by Gasteiger charge is -2.36. The van der Waals surface area contributed by atoms with Crippen molar-refractivity contribution in [2.75, 3.05) is 20.2 Å². The van der Waals surface area contributed by atoms with Crippen LogP contribution < -0.4 is 0 Å². The van der Waals surface area contributed by atoms with E-state index in [1.807, 2.05) is 0 Å². The van der Waals surface area contributed by atoms with E-state index < -0.39 is 20.6 Å². The molecule has 0 spiro atoms. The third kappa shape index (κ3) is 2.09. The van der Waals surface area contributed by atoms with Gasteiger partial charge in [-0.05, 0) is 6.07 Å². The van der Waals surface area contributed by atoms with Gasteiger partial charge in [0.05, 0.1) is 11.0 Å². The van der Waals surface area contributed by atoms with Crippen LogP contribution in [0.5, 0.6) is 0 Å². The van der Waals surface area contributed by atoms with E-state index in [4.69, 9.17) is 4.74 Å². The molecule has 0 N–H and O–H groups in total. The van der Waals surface area contributed by atoms with Gasteiger partial charge in [0.2, 0.25) is 10.0 Å². The Hall–Kier alpha value is -1.51. The van der Waals surface area contributed by atoms with Gasteiger partial charge in [0.25, 0.3) is 5.69 Å². The van der Waals surface area contributed by atoms with Crippen LogP contribution in [-0.2, 0) is 14.8 Å². The van der Waals surface area contributed by atoms with Crippen LogP contribution in [0.4, 0.5) is 5.69 Å². The van der Waals surface area contributed by atoms with E-state index in [9.17, 15) is 18.5 Å². The molecule has 0 aliphatic carbocycles. The average Bonchev–Trinajstić information content (AvgIpc) is 2.27. The summed E-state index contributed by atoms with van der Waals surface area (Å²) in [7, 11) is -2.31. The van der Waals surface area contributed by atoms with Gasteiger partial charge < -0.3 is 4.74 Å². The second-order valence-electron chi connectivity index (χ2n) is 3.90. The summed E-state index contributed by atoms with van der Waals surface area (Å²) in [5.74, 6) is 0. The Kier molecular flexibility index (Phi) is 3.33. The van der Waals surface area contributed by atoms with Gasteiger partial charge in [-0.15, -0.1) is 0 Å². The van der Waals surface area contributed by atoms with Crippen LogP contribution in [0.1, 0.15) is 0 Å². The average molecular weight is 272 g/mol. The fourth-order valence-electron chi connectivity index (χ4n) is 1.71. The minimum Gasteiger partial charge on any atom is -0.379 e. The van der Waals surface area contributed by atoms with E-state index >= 15 is 0 Å². The maximum Gasteiger partial charge on any atom is 0.289 e. The number of nitrogens with zero attached hydrogens (tertiary/aromatic N) is 2. The van der Waals surface area contributed by atoms with Crippen molar-refractivity contribution in [2.45, 2.75) is 11.0 Å². The molecule has 18 heavy (non-hydrogen) atoms. The van der Waals surface area contributed by atoms with Crippen molar-refractivity contribution in [2.24, 2.45) is 0 Å². The van der Waals surface area contributed by atoms with Crippen LogP contribution in [0.2, 0.25) is 0 Å². The first-order valence-corrected chi connectivity index (χ1v) is 6.67. The van der Waals surface area contributed by atoms with Crippen LogP contribution in [0.25, 0.3) is 0 Å². The standard InChI is InChI=1S/C10H12N2O5S/c1-17-8-6-11(7-8)18(15,16)10-5-3-2-4-9(10)12(13)14/h2-5,8H,6-7H2,1H3. The number of nitro benzene ring substituents is 1. The van der Waals surface area contributed by atoms with Crippen molar-refractivity contribution in [3.05, 3.63) is 34.4 Å². The maximum atomic E-state index is 12.2. The number of para-hydroxylation sites is 1. The van der Waals surface area contributed by atoms with Crippen molar-refractivity contribution >= 4 is 15.7 Å². The predicted molar refractivity (Wildman–Crippen MR) is 62.7 cm³/mol. The van der Waals surface area contributed by atoms with Gasteiger partial charge in [-0.2, -0.15) is 4.31 Å². The van der Waals surface area contributed by atoms with Crippen LogP contribution in [0.15, 0.2) is 29.2 Å². The van der Waals surface area contributed by atoms with Crippen LogP contribution >= 0.6 is 0 Å². The minimum atomic E-state index is -3.81. The number of sulfonamides is 1. The van der Waals surface area contributed by atoms with Crippen LogP contribution in [0, 0.1) is 10.1 Å². The van der Waals surface area contributed by atoms with Gasteiger partial charge in [-0.25, -0.2) is 8.42 Å². The molecular weight excluding hydrogens is 260 g/mol. The lowest BCUT2D eigenvalue weighted by molar-refractivity contribution is -0.387. The molecule has 7 nitrogen and oxygen atoms in total. The molecule has 1 fully saturated rings. The van der Waals surface area contributed by atoms with Crippen molar-refractivity contribution in [1.82, 2.24) is 4.31 Å². The fourth-order valence-corrected chi connectivity index (χ4v) is 3.37. The molecule has 1 aromatic rings. The maximum absolute atomic E-state index is 12.2. The van der Waals surface area contributed by atoms with Gasteiger partial charge in [0, 0.05) is 26.3 Å². The summed E-state index contributed by atoms with van der Waals surface area (Å²) in [6.45, 7) is 0.454.